The SMILES string of the molecule is OC1NCC12CC1(CNC1)CN2. The van der Waals surface area contributed by atoms with Crippen molar-refractivity contribution < 1.29 is 5.11 Å². The normalized spacial score (nSPS) is 49.2. The number of aliphatic hydroxyl groups is 1. The Kier molecular flexibility index (Phi) is 1.22. The zero-order valence-electron chi connectivity index (χ0n) is 7.06. The van der Waals surface area contributed by atoms with Crippen LogP contribution in [-0.2, 0) is 0 Å². The highest BCUT2D eigenvalue weighted by Gasteiger charge is 2.57. The Morgan fingerprint density at radius 2 is 2.00 bits per heavy atom. The number of hydrogen-bond donors (Lipinski definition) is 4. The Balaban J connectivity index is 1.77. The summed E-state index contributed by atoms with van der Waals surface area (Å²) in [4.78, 5) is 0. The van der Waals surface area contributed by atoms with E-state index in [9.17, 15) is 5.11 Å². The molecule has 3 aliphatic heterocycles. The lowest BCUT2D eigenvalue weighted by molar-refractivity contribution is -0.0355. The maximum Gasteiger partial charge on any atom is 0.124 e. The van der Waals surface area contributed by atoms with Gasteiger partial charge < -0.3 is 15.7 Å². The van der Waals surface area contributed by atoms with E-state index in [4.69, 9.17) is 0 Å². The molecule has 68 valence electrons. The van der Waals surface area contributed by atoms with Crippen LogP contribution in [0.2, 0.25) is 0 Å². The van der Waals surface area contributed by atoms with Crippen LogP contribution in [0.15, 0.2) is 0 Å². The van der Waals surface area contributed by atoms with Crippen LogP contribution in [0, 0.1) is 5.41 Å². The van der Waals surface area contributed by atoms with E-state index in [0.29, 0.717) is 5.41 Å². The maximum atomic E-state index is 9.56. The average Bonchev–Trinajstić information content (AvgIpc) is 2.43. The monoisotopic (exact) mass is 169 g/mol. The van der Waals surface area contributed by atoms with Gasteiger partial charge >= 0.3 is 0 Å². The third kappa shape index (κ3) is 0.713. The van der Waals surface area contributed by atoms with E-state index in [1.807, 2.05) is 0 Å². The highest BCUT2D eigenvalue weighted by Crippen LogP contribution is 2.41. The minimum Gasteiger partial charge on any atom is -0.377 e. The summed E-state index contributed by atoms with van der Waals surface area (Å²) in [5, 5.41) is 19.3. The summed E-state index contributed by atoms with van der Waals surface area (Å²) in [6, 6.07) is 0. The van der Waals surface area contributed by atoms with Crippen LogP contribution >= 0.6 is 0 Å². The van der Waals surface area contributed by atoms with Crippen molar-refractivity contribution in [1.82, 2.24) is 16.0 Å². The average molecular weight is 169 g/mol. The summed E-state index contributed by atoms with van der Waals surface area (Å²) < 4.78 is 0. The second kappa shape index (κ2) is 2.01. The molecule has 4 nitrogen and oxygen atoms in total. The van der Waals surface area contributed by atoms with Gasteiger partial charge in [-0.1, -0.05) is 0 Å². The zero-order valence-corrected chi connectivity index (χ0v) is 7.06. The lowest BCUT2D eigenvalue weighted by atomic mass is 9.73. The predicted octanol–water partition coefficient (Wildman–Crippen LogP) is -1.77. The summed E-state index contributed by atoms with van der Waals surface area (Å²) in [6.07, 6.45) is 0.804. The first-order valence-electron chi connectivity index (χ1n) is 4.62. The van der Waals surface area contributed by atoms with Gasteiger partial charge in [0.1, 0.15) is 6.23 Å². The summed E-state index contributed by atoms with van der Waals surface area (Å²) in [6.45, 7) is 4.23. The van der Waals surface area contributed by atoms with Crippen molar-refractivity contribution in [3.8, 4) is 0 Å². The van der Waals surface area contributed by atoms with Crippen molar-refractivity contribution in [2.45, 2.75) is 18.2 Å². The fourth-order valence-corrected chi connectivity index (χ4v) is 2.64. The van der Waals surface area contributed by atoms with Crippen molar-refractivity contribution >= 4 is 0 Å². The molecule has 0 saturated carbocycles. The maximum absolute atomic E-state index is 9.56. The highest BCUT2D eigenvalue weighted by atomic mass is 16.3. The zero-order chi connectivity index (χ0) is 8.23. The third-order valence-electron chi connectivity index (χ3n) is 3.64. The molecule has 2 atom stereocenters. The van der Waals surface area contributed by atoms with Gasteiger partial charge in [-0.25, -0.2) is 0 Å². The number of aliphatic hydroxyl groups excluding tert-OH is 1. The number of nitrogens with one attached hydrogen (secondary N) is 3. The van der Waals surface area contributed by atoms with Crippen molar-refractivity contribution in [2.75, 3.05) is 26.2 Å². The minimum absolute atomic E-state index is 0.0160. The molecule has 3 fully saturated rings. The Morgan fingerprint density at radius 1 is 1.17 bits per heavy atom. The van der Waals surface area contributed by atoms with Crippen LogP contribution in [0.1, 0.15) is 6.42 Å². The fraction of sp³-hybridized carbons (Fsp3) is 1.00. The van der Waals surface area contributed by atoms with Crippen LogP contribution < -0.4 is 16.0 Å². The Bertz CT molecular complexity index is 216. The first-order valence-corrected chi connectivity index (χ1v) is 4.62. The molecular formula is C8H15N3O. The smallest absolute Gasteiger partial charge is 0.124 e. The number of rotatable bonds is 0. The topological polar surface area (TPSA) is 56.3 Å². The molecule has 0 aliphatic carbocycles. The molecule has 0 aromatic carbocycles. The molecule has 3 saturated heterocycles. The van der Waals surface area contributed by atoms with Crippen molar-refractivity contribution in [3.63, 3.8) is 0 Å². The van der Waals surface area contributed by atoms with Crippen molar-refractivity contribution in [1.29, 1.82) is 0 Å². The number of hydrogen-bond acceptors (Lipinski definition) is 4. The van der Waals surface area contributed by atoms with E-state index in [1.54, 1.807) is 0 Å². The largest absolute Gasteiger partial charge is 0.377 e. The molecule has 0 bridgehead atoms. The van der Waals surface area contributed by atoms with Crippen LogP contribution in [0.4, 0.5) is 0 Å². The third-order valence-corrected chi connectivity index (χ3v) is 3.64. The fourth-order valence-electron chi connectivity index (χ4n) is 2.64. The highest BCUT2D eigenvalue weighted by molar-refractivity contribution is 5.16. The molecule has 3 rings (SSSR count). The lowest BCUT2D eigenvalue weighted by Gasteiger charge is -2.47. The van der Waals surface area contributed by atoms with Crippen LogP contribution in [0.25, 0.3) is 0 Å². The molecule has 0 amide bonds. The Hall–Kier alpha value is -0.160. The summed E-state index contributed by atoms with van der Waals surface area (Å²) >= 11 is 0. The van der Waals surface area contributed by atoms with E-state index in [0.717, 1.165) is 32.6 Å². The summed E-state index contributed by atoms with van der Waals surface area (Å²) in [5.74, 6) is 0. The molecule has 2 unspecified atom stereocenters. The van der Waals surface area contributed by atoms with Crippen LogP contribution in [0.5, 0.6) is 0 Å². The first kappa shape index (κ1) is 7.26. The molecule has 0 aromatic rings. The minimum atomic E-state index is -0.322. The first-order chi connectivity index (χ1) is 5.75. The molecule has 0 aromatic heterocycles. The quantitative estimate of drug-likeness (QED) is 0.347. The van der Waals surface area contributed by atoms with Crippen molar-refractivity contribution in [3.05, 3.63) is 0 Å². The molecule has 3 heterocycles. The lowest BCUT2D eigenvalue weighted by Crippen LogP contribution is -2.72. The molecule has 0 radical (unpaired) electrons. The molecule has 2 spiro atoms. The van der Waals surface area contributed by atoms with Gasteiger partial charge in [-0.05, 0) is 6.42 Å². The molecular weight excluding hydrogens is 154 g/mol. The van der Waals surface area contributed by atoms with Gasteiger partial charge in [-0.15, -0.1) is 0 Å². The van der Waals surface area contributed by atoms with Gasteiger partial charge in [-0.2, -0.15) is 0 Å². The molecule has 12 heavy (non-hydrogen) atoms. The van der Waals surface area contributed by atoms with E-state index >= 15 is 0 Å². The Labute approximate surface area is 71.7 Å². The van der Waals surface area contributed by atoms with Gasteiger partial charge in [0.25, 0.3) is 0 Å². The van der Waals surface area contributed by atoms with Crippen LogP contribution in [0.3, 0.4) is 0 Å². The van der Waals surface area contributed by atoms with Gasteiger partial charge in [0, 0.05) is 31.6 Å². The standard InChI is InChI=1S/C8H15N3O/c12-6-8(5-10-6)1-7(4-11-8)2-9-3-7/h6,9-12H,1-5H2. The molecule has 4 heteroatoms. The molecule has 3 aliphatic rings. The molecule has 4 N–H and O–H groups in total. The summed E-state index contributed by atoms with van der Waals surface area (Å²) in [5.41, 5.74) is 0.477. The second-order valence-electron chi connectivity index (χ2n) is 4.57. The van der Waals surface area contributed by atoms with Gasteiger partial charge in [0.2, 0.25) is 0 Å². The van der Waals surface area contributed by atoms with Gasteiger partial charge in [0.05, 0.1) is 5.54 Å². The Morgan fingerprint density at radius 3 is 2.25 bits per heavy atom. The van der Waals surface area contributed by atoms with Gasteiger partial charge in [0.15, 0.2) is 0 Å². The van der Waals surface area contributed by atoms with E-state index in [1.165, 1.54) is 0 Å². The summed E-state index contributed by atoms with van der Waals surface area (Å²) in [7, 11) is 0. The van der Waals surface area contributed by atoms with Crippen molar-refractivity contribution in [2.24, 2.45) is 5.41 Å². The van der Waals surface area contributed by atoms with E-state index in [2.05, 4.69) is 16.0 Å². The second-order valence-corrected chi connectivity index (χ2v) is 4.57. The van der Waals surface area contributed by atoms with Gasteiger partial charge in [-0.3, -0.25) is 5.32 Å². The van der Waals surface area contributed by atoms with E-state index < -0.39 is 0 Å². The van der Waals surface area contributed by atoms with Crippen LogP contribution in [-0.4, -0.2) is 43.1 Å². The predicted molar refractivity (Wildman–Crippen MR) is 44.7 cm³/mol. The van der Waals surface area contributed by atoms with E-state index in [-0.39, 0.29) is 11.8 Å².